The van der Waals surface area contributed by atoms with E-state index >= 15 is 0 Å². The fraction of sp³-hybridized carbons (Fsp3) is 1.00. The first-order valence-electron chi connectivity index (χ1n) is 14.0. The van der Waals surface area contributed by atoms with E-state index in [0.29, 0.717) is 22.7 Å². The molecule has 12 atom stereocenters. The maximum atomic E-state index is 11.1. The summed E-state index contributed by atoms with van der Waals surface area (Å²) < 4.78 is 0. The van der Waals surface area contributed by atoms with Crippen LogP contribution in [0.25, 0.3) is 0 Å². The second-order valence-electron chi connectivity index (χ2n) is 13.8. The van der Waals surface area contributed by atoms with Crippen molar-refractivity contribution >= 4 is 0 Å². The van der Waals surface area contributed by atoms with E-state index in [9.17, 15) is 10.2 Å². The zero-order chi connectivity index (χ0) is 22.2. The van der Waals surface area contributed by atoms with Crippen LogP contribution in [0.4, 0.5) is 0 Å². The van der Waals surface area contributed by atoms with E-state index in [-0.39, 0.29) is 11.7 Å². The Kier molecular flexibility index (Phi) is 5.66. The molecule has 0 bridgehead atoms. The van der Waals surface area contributed by atoms with Gasteiger partial charge in [-0.3, -0.25) is 0 Å². The highest BCUT2D eigenvalue weighted by molar-refractivity contribution is 5.11. The summed E-state index contributed by atoms with van der Waals surface area (Å²) in [5.41, 5.74) is 0.513. The molecule has 2 N–H and O–H groups in total. The molecule has 0 radical (unpaired) electrons. The summed E-state index contributed by atoms with van der Waals surface area (Å²) in [5, 5.41) is 22.1. The van der Waals surface area contributed by atoms with Crippen LogP contribution >= 0.6 is 0 Å². The fourth-order valence-corrected chi connectivity index (χ4v) is 10.1. The van der Waals surface area contributed by atoms with Gasteiger partial charge in [0.2, 0.25) is 0 Å². The summed E-state index contributed by atoms with van der Waals surface area (Å²) >= 11 is 0. The lowest BCUT2D eigenvalue weighted by Gasteiger charge is -2.62. The van der Waals surface area contributed by atoms with Crippen LogP contribution in [0.5, 0.6) is 0 Å². The fourth-order valence-electron chi connectivity index (χ4n) is 10.1. The van der Waals surface area contributed by atoms with Gasteiger partial charge in [0.15, 0.2) is 0 Å². The van der Waals surface area contributed by atoms with Crippen molar-refractivity contribution in [1.82, 2.24) is 0 Å². The summed E-state index contributed by atoms with van der Waals surface area (Å²) in [7, 11) is 0. The van der Waals surface area contributed by atoms with Gasteiger partial charge in [0.25, 0.3) is 0 Å². The zero-order valence-electron chi connectivity index (χ0n) is 21.1. The smallest absolute Gasteiger partial charge is 0.0648 e. The first-order valence-corrected chi connectivity index (χ1v) is 14.0. The lowest BCUT2D eigenvalue weighted by molar-refractivity contribution is -0.154. The predicted molar refractivity (Wildman–Crippen MR) is 128 cm³/mol. The third-order valence-corrected chi connectivity index (χ3v) is 12.6. The molecule has 0 spiro atoms. The molecule has 5 fully saturated rings. The highest BCUT2D eigenvalue weighted by Crippen LogP contribution is 2.69. The Balaban J connectivity index is 1.31. The molecule has 5 aliphatic carbocycles. The molecule has 5 rings (SSSR count). The maximum absolute atomic E-state index is 11.1. The molecule has 5 aliphatic rings. The van der Waals surface area contributed by atoms with Gasteiger partial charge in [-0.15, -0.1) is 0 Å². The average Bonchev–Trinajstić information content (AvgIpc) is 3.30. The largest absolute Gasteiger partial charge is 0.393 e. The van der Waals surface area contributed by atoms with Crippen molar-refractivity contribution in [3.63, 3.8) is 0 Å². The van der Waals surface area contributed by atoms with Crippen LogP contribution in [-0.4, -0.2) is 21.9 Å². The number of aliphatic hydroxyl groups is 2. The Morgan fingerprint density at radius 2 is 1.65 bits per heavy atom. The number of hydrogen-bond acceptors (Lipinski definition) is 2. The zero-order valence-corrected chi connectivity index (χ0v) is 21.1. The third kappa shape index (κ3) is 3.56. The summed E-state index contributed by atoms with van der Waals surface area (Å²) in [6.45, 7) is 12.1. The van der Waals surface area contributed by atoms with Crippen molar-refractivity contribution in [1.29, 1.82) is 0 Å². The number of fused-ring (bicyclic) bond motifs is 5. The van der Waals surface area contributed by atoms with Crippen LogP contribution in [-0.2, 0) is 0 Å². The SMILES string of the molecule is CC[C@]1(O)CC[C@@]2(C)[C@@H](CC[C@@H]3[C@@H]2CC[C@]2(C)[C@@H]([C@H](C)[C@H](O)C[C@H]4C[C@@H]4C)CC[C@@H]32)C1. The molecule has 5 saturated carbocycles. The van der Waals surface area contributed by atoms with E-state index in [2.05, 4.69) is 34.6 Å². The van der Waals surface area contributed by atoms with E-state index in [1.165, 1.54) is 51.4 Å². The Bertz CT molecular complexity index is 676. The molecule has 2 nitrogen and oxygen atoms in total. The van der Waals surface area contributed by atoms with Gasteiger partial charge in [0, 0.05) is 0 Å². The minimum Gasteiger partial charge on any atom is -0.393 e. The average molecular weight is 431 g/mol. The molecule has 0 aromatic heterocycles. The van der Waals surface area contributed by atoms with E-state index < -0.39 is 0 Å². The lowest BCUT2D eigenvalue weighted by Crippen LogP contribution is -2.56. The van der Waals surface area contributed by atoms with Crippen LogP contribution in [0.1, 0.15) is 112 Å². The molecule has 0 aromatic carbocycles. The van der Waals surface area contributed by atoms with E-state index in [1.54, 1.807) is 0 Å². The van der Waals surface area contributed by atoms with Gasteiger partial charge < -0.3 is 10.2 Å². The molecule has 0 heterocycles. The number of aliphatic hydroxyl groups excluding tert-OH is 1. The minimum absolute atomic E-state index is 0.0911. The highest BCUT2D eigenvalue weighted by atomic mass is 16.3. The van der Waals surface area contributed by atoms with Crippen LogP contribution in [0.15, 0.2) is 0 Å². The Hall–Kier alpha value is -0.0800. The van der Waals surface area contributed by atoms with Gasteiger partial charge in [-0.1, -0.05) is 34.6 Å². The van der Waals surface area contributed by atoms with E-state index in [1.807, 2.05) is 0 Å². The molecule has 0 aliphatic heterocycles. The Morgan fingerprint density at radius 3 is 2.32 bits per heavy atom. The first-order chi connectivity index (χ1) is 14.6. The van der Waals surface area contributed by atoms with Crippen molar-refractivity contribution in [2.45, 2.75) is 123 Å². The van der Waals surface area contributed by atoms with Gasteiger partial charge in [-0.05, 0) is 135 Å². The topological polar surface area (TPSA) is 40.5 Å². The predicted octanol–water partition coefficient (Wildman–Crippen LogP) is 6.83. The van der Waals surface area contributed by atoms with Gasteiger partial charge in [-0.2, -0.15) is 0 Å². The third-order valence-electron chi connectivity index (χ3n) is 12.6. The molecular formula is C29H50O2. The molecular weight excluding hydrogens is 380 g/mol. The molecule has 2 heteroatoms. The van der Waals surface area contributed by atoms with Gasteiger partial charge >= 0.3 is 0 Å². The number of hydrogen-bond donors (Lipinski definition) is 2. The summed E-state index contributed by atoms with van der Waals surface area (Å²) in [4.78, 5) is 0. The van der Waals surface area contributed by atoms with Crippen LogP contribution in [0.3, 0.4) is 0 Å². The number of rotatable bonds is 5. The second-order valence-corrected chi connectivity index (χ2v) is 13.8. The summed E-state index contributed by atoms with van der Waals surface area (Å²) in [6, 6.07) is 0. The van der Waals surface area contributed by atoms with E-state index in [4.69, 9.17) is 0 Å². The van der Waals surface area contributed by atoms with Gasteiger partial charge in [0.1, 0.15) is 0 Å². The van der Waals surface area contributed by atoms with Crippen molar-refractivity contribution in [3.05, 3.63) is 0 Å². The van der Waals surface area contributed by atoms with Crippen LogP contribution in [0.2, 0.25) is 0 Å². The molecule has 0 unspecified atom stereocenters. The molecule has 0 aromatic rings. The van der Waals surface area contributed by atoms with Crippen molar-refractivity contribution in [2.75, 3.05) is 0 Å². The molecule has 0 saturated heterocycles. The quantitative estimate of drug-likeness (QED) is 0.502. The van der Waals surface area contributed by atoms with Crippen LogP contribution < -0.4 is 0 Å². The second kappa shape index (κ2) is 7.72. The maximum Gasteiger partial charge on any atom is 0.0648 e. The normalized spacial score (nSPS) is 55.6. The van der Waals surface area contributed by atoms with Crippen molar-refractivity contribution in [3.8, 4) is 0 Å². The Labute approximate surface area is 192 Å². The van der Waals surface area contributed by atoms with Crippen molar-refractivity contribution < 1.29 is 10.2 Å². The minimum atomic E-state index is -0.386. The van der Waals surface area contributed by atoms with Gasteiger partial charge in [-0.25, -0.2) is 0 Å². The Morgan fingerprint density at radius 1 is 0.935 bits per heavy atom. The first kappa shape index (κ1) is 22.7. The molecule has 0 amide bonds. The summed E-state index contributed by atoms with van der Waals surface area (Å²) in [6.07, 6.45) is 14.8. The van der Waals surface area contributed by atoms with Crippen LogP contribution in [0, 0.1) is 58.2 Å². The van der Waals surface area contributed by atoms with E-state index in [0.717, 1.165) is 61.2 Å². The lowest BCUT2D eigenvalue weighted by atomic mass is 9.43. The van der Waals surface area contributed by atoms with Crippen molar-refractivity contribution in [2.24, 2.45) is 58.2 Å². The monoisotopic (exact) mass is 430 g/mol. The highest BCUT2D eigenvalue weighted by Gasteiger charge is 2.61. The standard InChI is InChI=1S/C29H50O2/c1-6-29(31)14-13-27(4)21(17-29)7-8-22-24-10-9-23(28(24,5)12-11-25(22)27)19(3)26(30)16-20-15-18(20)2/h18-26,30-31H,6-17H2,1-5H3/t18-,19-,20+,21-,22-,23+,24-,25-,26+,27-,28+,29-/m0/s1. The summed E-state index contributed by atoms with van der Waals surface area (Å²) in [5.74, 6) is 6.18. The van der Waals surface area contributed by atoms with Gasteiger partial charge in [0.05, 0.1) is 11.7 Å². The molecule has 178 valence electrons. The molecule has 31 heavy (non-hydrogen) atoms.